The predicted octanol–water partition coefficient (Wildman–Crippen LogP) is 12.2. The van der Waals surface area contributed by atoms with Crippen LogP contribution < -0.4 is 0 Å². The molecule has 0 atom stereocenters. The summed E-state index contributed by atoms with van der Waals surface area (Å²) in [6.45, 7) is 0. The molecular weight excluding hydrogens is 528 g/mol. The molecule has 44 heavy (non-hydrogen) atoms. The van der Waals surface area contributed by atoms with Crippen molar-refractivity contribution >= 4 is 43.1 Å². The normalized spacial score (nSPS) is 13.1. The van der Waals surface area contributed by atoms with E-state index in [9.17, 15) is 0 Å². The van der Waals surface area contributed by atoms with Crippen LogP contribution in [0.1, 0.15) is 24.0 Å². The Morgan fingerprint density at radius 1 is 0.318 bits per heavy atom. The maximum Gasteiger partial charge on any atom is -0.00262 e. The average Bonchev–Trinajstić information content (AvgIpc) is 3.10. The third-order valence-corrected chi connectivity index (χ3v) is 9.81. The van der Waals surface area contributed by atoms with E-state index in [-0.39, 0.29) is 0 Å². The van der Waals surface area contributed by atoms with Crippen LogP contribution in [-0.4, -0.2) is 0 Å². The first-order chi connectivity index (χ1) is 21.8. The highest BCUT2D eigenvalue weighted by Gasteiger charge is 2.18. The molecule has 0 fully saturated rings. The molecule has 0 N–H and O–H groups in total. The molecule has 0 heteroatoms. The highest BCUT2D eigenvalue weighted by molar-refractivity contribution is 6.21. The van der Waals surface area contributed by atoms with Crippen molar-refractivity contribution in [2.24, 2.45) is 0 Å². The van der Waals surface area contributed by atoms with Gasteiger partial charge in [0.1, 0.15) is 0 Å². The SMILES string of the molecule is c1cc(-c2ccc3ccccc3c2)cc(-c2c3ccccc3c(-c3ccc4c5c(ccc4c3)CCCC5)c3ccccc23)c1. The van der Waals surface area contributed by atoms with Gasteiger partial charge >= 0.3 is 0 Å². The summed E-state index contributed by atoms with van der Waals surface area (Å²) in [5, 5.41) is 10.5. The number of hydrogen-bond donors (Lipinski definition) is 0. The van der Waals surface area contributed by atoms with Gasteiger partial charge in [0.25, 0.3) is 0 Å². The zero-order valence-electron chi connectivity index (χ0n) is 24.7. The van der Waals surface area contributed by atoms with E-state index in [0.717, 1.165) is 0 Å². The molecule has 0 saturated carbocycles. The molecular formula is C44H32. The summed E-state index contributed by atoms with van der Waals surface area (Å²) in [4.78, 5) is 0. The Kier molecular flexibility index (Phi) is 5.87. The minimum Gasteiger partial charge on any atom is -0.0616 e. The minimum atomic E-state index is 1.20. The standard InChI is InChI=1S/C44H32/c1-2-12-31-26-33(22-20-29(31)10-1)32-13-9-14-35(27-32)43-39-16-5-7-18-41(39)44(42-19-8-6-17-40(42)43)36-24-25-38-34(28-36)23-21-30-11-3-4-15-37(30)38/h1-2,5-10,12-14,16-28H,3-4,11,15H2. The lowest BCUT2D eigenvalue weighted by molar-refractivity contribution is 0.690. The summed E-state index contributed by atoms with van der Waals surface area (Å²) in [6.07, 6.45) is 5.02. The second kappa shape index (κ2) is 10.2. The van der Waals surface area contributed by atoms with E-state index in [4.69, 9.17) is 0 Å². The van der Waals surface area contributed by atoms with Crippen molar-refractivity contribution in [1.82, 2.24) is 0 Å². The van der Waals surface area contributed by atoms with E-state index in [0.29, 0.717) is 0 Å². The summed E-state index contributed by atoms with van der Waals surface area (Å²) in [5.74, 6) is 0. The zero-order valence-corrected chi connectivity index (χ0v) is 24.7. The van der Waals surface area contributed by atoms with Gasteiger partial charge in [-0.25, -0.2) is 0 Å². The Hall–Kier alpha value is -5.20. The number of rotatable bonds is 3. The van der Waals surface area contributed by atoms with Gasteiger partial charge in [0.2, 0.25) is 0 Å². The molecule has 9 rings (SSSR count). The first kappa shape index (κ1) is 25.3. The van der Waals surface area contributed by atoms with Crippen LogP contribution in [0, 0.1) is 0 Å². The van der Waals surface area contributed by atoms with Crippen LogP contribution in [0.4, 0.5) is 0 Å². The topological polar surface area (TPSA) is 0 Å². The number of benzene rings is 8. The lowest BCUT2D eigenvalue weighted by Crippen LogP contribution is -2.03. The quantitative estimate of drug-likeness (QED) is 0.189. The molecule has 0 saturated heterocycles. The number of hydrogen-bond acceptors (Lipinski definition) is 0. The fourth-order valence-electron chi connectivity index (χ4n) is 7.72. The maximum atomic E-state index is 2.43. The monoisotopic (exact) mass is 560 g/mol. The molecule has 0 radical (unpaired) electrons. The second-order valence-electron chi connectivity index (χ2n) is 12.3. The molecule has 0 aliphatic heterocycles. The molecule has 8 aromatic carbocycles. The third-order valence-electron chi connectivity index (χ3n) is 9.81. The largest absolute Gasteiger partial charge is 0.0616 e. The molecule has 0 amide bonds. The van der Waals surface area contributed by atoms with Gasteiger partial charge < -0.3 is 0 Å². The lowest BCUT2D eigenvalue weighted by atomic mass is 9.84. The predicted molar refractivity (Wildman–Crippen MR) is 189 cm³/mol. The van der Waals surface area contributed by atoms with Crippen LogP contribution in [-0.2, 0) is 12.8 Å². The first-order valence-electron chi connectivity index (χ1n) is 15.9. The Morgan fingerprint density at radius 3 is 1.61 bits per heavy atom. The van der Waals surface area contributed by atoms with Crippen LogP contribution in [0.2, 0.25) is 0 Å². The molecule has 1 aliphatic rings. The van der Waals surface area contributed by atoms with Gasteiger partial charge in [-0.3, -0.25) is 0 Å². The second-order valence-corrected chi connectivity index (χ2v) is 12.3. The van der Waals surface area contributed by atoms with Crippen molar-refractivity contribution in [2.45, 2.75) is 25.7 Å². The van der Waals surface area contributed by atoms with Crippen LogP contribution in [0.25, 0.3) is 76.5 Å². The van der Waals surface area contributed by atoms with Gasteiger partial charge in [-0.1, -0.05) is 127 Å². The fourth-order valence-corrected chi connectivity index (χ4v) is 7.72. The molecule has 0 bridgehead atoms. The zero-order chi connectivity index (χ0) is 29.0. The molecule has 1 aliphatic carbocycles. The van der Waals surface area contributed by atoms with Crippen molar-refractivity contribution in [3.8, 4) is 33.4 Å². The van der Waals surface area contributed by atoms with Crippen molar-refractivity contribution in [3.05, 3.63) is 157 Å². The van der Waals surface area contributed by atoms with Crippen LogP contribution in [0.3, 0.4) is 0 Å². The van der Waals surface area contributed by atoms with Gasteiger partial charge in [0.15, 0.2) is 0 Å². The van der Waals surface area contributed by atoms with Gasteiger partial charge in [0, 0.05) is 0 Å². The molecule has 208 valence electrons. The molecule has 0 heterocycles. The van der Waals surface area contributed by atoms with E-state index in [1.807, 2.05) is 0 Å². The smallest absolute Gasteiger partial charge is 0.00262 e. The van der Waals surface area contributed by atoms with Crippen molar-refractivity contribution in [1.29, 1.82) is 0 Å². The summed E-state index contributed by atoms with van der Waals surface area (Å²) in [6, 6.07) is 54.4. The fraction of sp³-hybridized carbons (Fsp3) is 0.0909. The van der Waals surface area contributed by atoms with Gasteiger partial charge in [-0.05, 0) is 131 Å². The van der Waals surface area contributed by atoms with Crippen molar-refractivity contribution < 1.29 is 0 Å². The van der Waals surface area contributed by atoms with Gasteiger partial charge in [-0.2, -0.15) is 0 Å². The molecule has 0 aromatic heterocycles. The van der Waals surface area contributed by atoms with E-state index in [1.165, 1.54) is 102 Å². The van der Waals surface area contributed by atoms with Crippen LogP contribution >= 0.6 is 0 Å². The first-order valence-corrected chi connectivity index (χ1v) is 15.9. The van der Waals surface area contributed by atoms with Crippen LogP contribution in [0.15, 0.2) is 146 Å². The number of aryl methyl sites for hydroxylation is 2. The van der Waals surface area contributed by atoms with E-state index < -0.39 is 0 Å². The highest BCUT2D eigenvalue weighted by Crippen LogP contribution is 2.45. The maximum absolute atomic E-state index is 2.43. The Balaban J connectivity index is 1.27. The van der Waals surface area contributed by atoms with Crippen molar-refractivity contribution in [2.75, 3.05) is 0 Å². The average molecular weight is 561 g/mol. The number of fused-ring (bicyclic) bond motifs is 6. The molecule has 0 unspecified atom stereocenters. The van der Waals surface area contributed by atoms with Gasteiger partial charge in [0.05, 0.1) is 0 Å². The lowest BCUT2D eigenvalue weighted by Gasteiger charge is -2.20. The van der Waals surface area contributed by atoms with E-state index in [1.54, 1.807) is 11.1 Å². The molecule has 0 nitrogen and oxygen atoms in total. The van der Waals surface area contributed by atoms with E-state index >= 15 is 0 Å². The van der Waals surface area contributed by atoms with Crippen LogP contribution in [0.5, 0.6) is 0 Å². The highest BCUT2D eigenvalue weighted by atomic mass is 14.2. The Labute approximate surface area is 258 Å². The summed E-state index contributed by atoms with van der Waals surface area (Å²) >= 11 is 0. The molecule has 0 spiro atoms. The van der Waals surface area contributed by atoms with Gasteiger partial charge in [-0.15, -0.1) is 0 Å². The minimum absolute atomic E-state index is 1.20. The Bertz CT molecular complexity index is 2330. The Morgan fingerprint density at radius 2 is 0.864 bits per heavy atom. The summed E-state index contributed by atoms with van der Waals surface area (Å²) in [5.41, 5.74) is 10.8. The van der Waals surface area contributed by atoms with E-state index in [2.05, 4.69) is 146 Å². The summed E-state index contributed by atoms with van der Waals surface area (Å²) in [7, 11) is 0. The molecule has 8 aromatic rings. The summed E-state index contributed by atoms with van der Waals surface area (Å²) < 4.78 is 0. The third kappa shape index (κ3) is 4.06. The van der Waals surface area contributed by atoms with Crippen molar-refractivity contribution in [3.63, 3.8) is 0 Å².